The molecule has 90 valence electrons. The van der Waals surface area contributed by atoms with Crippen LogP contribution in [0.4, 0.5) is 4.39 Å². The molecule has 4 heteroatoms. The number of nitrogens with zero attached hydrogens (tertiary/aromatic N) is 1. The predicted octanol–water partition coefficient (Wildman–Crippen LogP) is 2.24. The number of nitrogens with one attached hydrogen (secondary N) is 2. The van der Waals surface area contributed by atoms with Gasteiger partial charge in [0.2, 0.25) is 0 Å². The van der Waals surface area contributed by atoms with Crippen LogP contribution in [0.3, 0.4) is 0 Å². The fourth-order valence-corrected chi connectivity index (χ4v) is 2.57. The number of aromatic amines is 1. The fraction of sp³-hybridized carbons (Fsp3) is 0.462. The summed E-state index contributed by atoms with van der Waals surface area (Å²) in [6.07, 6.45) is 3.35. The van der Waals surface area contributed by atoms with Crippen LogP contribution in [0.2, 0.25) is 0 Å². The third kappa shape index (κ3) is 2.17. The van der Waals surface area contributed by atoms with E-state index < -0.39 is 0 Å². The normalized spacial score (nSPS) is 17.7. The molecule has 0 amide bonds. The lowest BCUT2D eigenvalue weighted by Gasteiger charge is -2.21. The number of aromatic nitrogens is 2. The molecule has 0 atom stereocenters. The van der Waals surface area contributed by atoms with Gasteiger partial charge in [-0.15, -0.1) is 0 Å². The maximum atomic E-state index is 13.2. The molecule has 0 saturated carbocycles. The van der Waals surface area contributed by atoms with E-state index in [1.807, 2.05) is 0 Å². The van der Waals surface area contributed by atoms with Crippen LogP contribution in [0.5, 0.6) is 0 Å². The van der Waals surface area contributed by atoms with Crippen LogP contribution in [0.1, 0.15) is 18.5 Å². The van der Waals surface area contributed by atoms with Gasteiger partial charge in [0.1, 0.15) is 5.82 Å². The Bertz CT molecular complexity index is 514. The molecule has 1 saturated heterocycles. The molecule has 1 aliphatic rings. The molecule has 1 aromatic heterocycles. The van der Waals surface area contributed by atoms with Crippen molar-refractivity contribution >= 4 is 10.9 Å². The molecule has 1 fully saturated rings. The minimum atomic E-state index is -0.189. The number of H-pyrrole nitrogens is 1. The van der Waals surface area contributed by atoms with Crippen molar-refractivity contribution in [3.8, 4) is 0 Å². The molecule has 0 unspecified atom stereocenters. The molecule has 0 radical (unpaired) electrons. The first-order chi connectivity index (χ1) is 8.33. The molecule has 1 aromatic carbocycles. The summed E-state index contributed by atoms with van der Waals surface area (Å²) in [6.45, 7) is 2.18. The van der Waals surface area contributed by atoms with Crippen LogP contribution in [0.25, 0.3) is 10.9 Å². The molecule has 2 heterocycles. The molecule has 0 aliphatic carbocycles. The van der Waals surface area contributed by atoms with Gasteiger partial charge in [-0.1, -0.05) is 0 Å². The zero-order chi connectivity index (χ0) is 11.7. The van der Waals surface area contributed by atoms with Crippen molar-refractivity contribution in [3.63, 3.8) is 0 Å². The highest BCUT2D eigenvalue weighted by atomic mass is 19.1. The van der Waals surface area contributed by atoms with E-state index in [-0.39, 0.29) is 5.82 Å². The van der Waals surface area contributed by atoms with Crippen molar-refractivity contribution in [1.82, 2.24) is 15.5 Å². The van der Waals surface area contributed by atoms with E-state index >= 15 is 0 Å². The van der Waals surface area contributed by atoms with Crippen LogP contribution in [-0.2, 0) is 6.42 Å². The Morgan fingerprint density at radius 2 is 2.12 bits per heavy atom. The van der Waals surface area contributed by atoms with Gasteiger partial charge in [-0.05, 0) is 56.5 Å². The highest BCUT2D eigenvalue weighted by molar-refractivity contribution is 5.81. The van der Waals surface area contributed by atoms with Gasteiger partial charge in [-0.3, -0.25) is 5.10 Å². The summed E-state index contributed by atoms with van der Waals surface area (Å²) in [7, 11) is 0. The first-order valence-corrected chi connectivity index (χ1v) is 6.16. The van der Waals surface area contributed by atoms with E-state index in [9.17, 15) is 4.39 Å². The van der Waals surface area contributed by atoms with Crippen LogP contribution in [-0.4, -0.2) is 23.3 Å². The van der Waals surface area contributed by atoms with Crippen LogP contribution in [0, 0.1) is 11.7 Å². The molecule has 17 heavy (non-hydrogen) atoms. The number of benzene rings is 1. The maximum absolute atomic E-state index is 13.2. The minimum Gasteiger partial charge on any atom is -0.317 e. The Morgan fingerprint density at radius 3 is 2.94 bits per heavy atom. The molecule has 0 spiro atoms. The molecule has 1 aliphatic heterocycles. The number of halogens is 1. The van der Waals surface area contributed by atoms with Gasteiger partial charge in [0.05, 0.1) is 5.52 Å². The first-order valence-electron chi connectivity index (χ1n) is 6.16. The van der Waals surface area contributed by atoms with Crippen LogP contribution in [0.15, 0.2) is 18.2 Å². The Labute approximate surface area is 99.4 Å². The molecular weight excluding hydrogens is 217 g/mol. The van der Waals surface area contributed by atoms with Crippen molar-refractivity contribution in [1.29, 1.82) is 0 Å². The first kappa shape index (κ1) is 10.7. The lowest BCUT2D eigenvalue weighted by atomic mass is 9.92. The second-order valence-electron chi connectivity index (χ2n) is 4.76. The molecule has 2 aromatic rings. The van der Waals surface area contributed by atoms with Gasteiger partial charge in [0, 0.05) is 11.1 Å². The standard InChI is InChI=1S/C13H16FN3/c14-10-1-2-12-11(8-10)13(17-16-12)7-9-3-5-15-6-4-9/h1-2,8-9,15H,3-7H2,(H,16,17). The highest BCUT2D eigenvalue weighted by Gasteiger charge is 2.16. The Balaban J connectivity index is 1.86. The van der Waals surface area contributed by atoms with Gasteiger partial charge >= 0.3 is 0 Å². The van der Waals surface area contributed by atoms with Crippen LogP contribution >= 0.6 is 0 Å². The van der Waals surface area contributed by atoms with E-state index in [0.29, 0.717) is 5.92 Å². The van der Waals surface area contributed by atoms with Crippen molar-refractivity contribution in [3.05, 3.63) is 29.7 Å². The molecular formula is C13H16FN3. The monoisotopic (exact) mass is 233 g/mol. The average Bonchev–Trinajstić information content (AvgIpc) is 2.73. The zero-order valence-corrected chi connectivity index (χ0v) is 9.67. The Morgan fingerprint density at radius 1 is 1.29 bits per heavy atom. The second-order valence-corrected chi connectivity index (χ2v) is 4.76. The summed E-state index contributed by atoms with van der Waals surface area (Å²) in [6, 6.07) is 4.76. The summed E-state index contributed by atoms with van der Waals surface area (Å²) >= 11 is 0. The number of rotatable bonds is 2. The number of piperidine rings is 1. The lowest BCUT2D eigenvalue weighted by molar-refractivity contribution is 0.370. The minimum absolute atomic E-state index is 0.189. The van der Waals surface area contributed by atoms with E-state index in [4.69, 9.17) is 0 Å². The lowest BCUT2D eigenvalue weighted by Crippen LogP contribution is -2.28. The Kier molecular flexibility index (Phi) is 2.81. The third-order valence-corrected chi connectivity index (χ3v) is 3.55. The SMILES string of the molecule is Fc1ccc2n[nH]c(CC3CCNCC3)c2c1. The van der Waals surface area contributed by atoms with E-state index in [1.54, 1.807) is 12.1 Å². The summed E-state index contributed by atoms with van der Waals surface area (Å²) < 4.78 is 13.2. The summed E-state index contributed by atoms with van der Waals surface area (Å²) in [5, 5.41) is 11.6. The smallest absolute Gasteiger partial charge is 0.124 e. The molecule has 2 N–H and O–H groups in total. The van der Waals surface area contributed by atoms with Gasteiger partial charge < -0.3 is 5.32 Å². The fourth-order valence-electron chi connectivity index (χ4n) is 2.57. The van der Waals surface area contributed by atoms with E-state index in [1.165, 1.54) is 18.9 Å². The van der Waals surface area contributed by atoms with Crippen LogP contribution < -0.4 is 5.32 Å². The predicted molar refractivity (Wildman–Crippen MR) is 65.3 cm³/mol. The number of fused-ring (bicyclic) bond motifs is 1. The van der Waals surface area contributed by atoms with Gasteiger partial charge in [0.15, 0.2) is 0 Å². The summed E-state index contributed by atoms with van der Waals surface area (Å²) in [5.41, 5.74) is 1.93. The van der Waals surface area contributed by atoms with Crippen molar-refractivity contribution < 1.29 is 4.39 Å². The Hall–Kier alpha value is -1.42. The van der Waals surface area contributed by atoms with E-state index in [0.717, 1.165) is 36.1 Å². The number of hydrogen-bond donors (Lipinski definition) is 2. The van der Waals surface area contributed by atoms with Crippen molar-refractivity contribution in [2.24, 2.45) is 5.92 Å². The van der Waals surface area contributed by atoms with Crippen molar-refractivity contribution in [2.45, 2.75) is 19.3 Å². The quantitative estimate of drug-likeness (QED) is 0.835. The molecule has 0 bridgehead atoms. The second kappa shape index (κ2) is 4.45. The summed E-state index contributed by atoms with van der Waals surface area (Å²) in [5.74, 6) is 0.494. The maximum Gasteiger partial charge on any atom is 0.124 e. The van der Waals surface area contributed by atoms with Crippen molar-refractivity contribution in [2.75, 3.05) is 13.1 Å². The number of hydrogen-bond acceptors (Lipinski definition) is 2. The third-order valence-electron chi connectivity index (χ3n) is 3.55. The van der Waals surface area contributed by atoms with Gasteiger partial charge in [-0.25, -0.2) is 4.39 Å². The highest BCUT2D eigenvalue weighted by Crippen LogP contribution is 2.23. The largest absolute Gasteiger partial charge is 0.317 e. The van der Waals surface area contributed by atoms with Gasteiger partial charge in [0.25, 0.3) is 0 Å². The summed E-state index contributed by atoms with van der Waals surface area (Å²) in [4.78, 5) is 0. The topological polar surface area (TPSA) is 40.7 Å². The van der Waals surface area contributed by atoms with Gasteiger partial charge in [-0.2, -0.15) is 5.10 Å². The molecule has 3 nitrogen and oxygen atoms in total. The van der Waals surface area contributed by atoms with E-state index in [2.05, 4.69) is 15.5 Å². The zero-order valence-electron chi connectivity index (χ0n) is 9.67. The molecule has 3 rings (SSSR count). The average molecular weight is 233 g/mol.